The molecule has 1 N–H and O–H groups in total. The lowest BCUT2D eigenvalue weighted by atomic mass is 9.82. The lowest BCUT2D eigenvalue weighted by Gasteiger charge is -2.32. The number of carbonyl (C=O) groups is 3. The third-order valence-electron chi connectivity index (χ3n) is 9.65. The zero-order valence-corrected chi connectivity index (χ0v) is 28.0. The molecule has 46 heavy (non-hydrogen) atoms. The van der Waals surface area contributed by atoms with E-state index in [1.54, 1.807) is 46.0 Å². The minimum atomic E-state index is -3.51. The highest BCUT2D eigenvalue weighted by Gasteiger charge is 2.67. The first-order valence-electron chi connectivity index (χ1n) is 15.7. The van der Waals surface area contributed by atoms with E-state index in [0.717, 1.165) is 16.8 Å². The number of ether oxygens (including phenoxy) is 1. The summed E-state index contributed by atoms with van der Waals surface area (Å²) in [6.45, 7) is 6.12. The van der Waals surface area contributed by atoms with Gasteiger partial charge in [0.2, 0.25) is 20.2 Å². The topological polar surface area (TPSA) is 90.4 Å². The van der Waals surface area contributed by atoms with Gasteiger partial charge in [-0.2, -0.15) is 0 Å². The molecule has 3 aliphatic heterocycles. The molecule has 0 saturated carbocycles. The Morgan fingerprint density at radius 2 is 1.83 bits per heavy atom. The van der Waals surface area contributed by atoms with E-state index in [0.29, 0.717) is 35.8 Å². The Labute approximate surface area is 274 Å². The number of hydrogen-bond acceptors (Lipinski definition) is 5. The molecule has 3 aromatic carbocycles. The van der Waals surface area contributed by atoms with Crippen LogP contribution in [0.3, 0.4) is 0 Å². The van der Waals surface area contributed by atoms with Gasteiger partial charge in [0.05, 0.1) is 31.4 Å². The fourth-order valence-electron chi connectivity index (χ4n) is 7.49. The fourth-order valence-corrected chi connectivity index (χ4v) is 10.2. The van der Waals surface area contributed by atoms with Crippen LogP contribution in [-0.2, 0) is 37.8 Å². The summed E-state index contributed by atoms with van der Waals surface area (Å²) in [6, 6.07) is 22.3. The van der Waals surface area contributed by atoms with Crippen LogP contribution in [0.4, 0.5) is 15.5 Å². The Bertz CT molecular complexity index is 1650. The van der Waals surface area contributed by atoms with Crippen molar-refractivity contribution in [3.63, 3.8) is 0 Å². The number of hydrogen-bond donors (Lipinski definition) is 1. The first-order chi connectivity index (χ1) is 21.9. The first kappa shape index (κ1) is 32.4. The molecule has 2 saturated heterocycles. The van der Waals surface area contributed by atoms with Crippen molar-refractivity contribution < 1.29 is 28.3 Å². The normalized spacial score (nSPS) is 24.0. The van der Waals surface area contributed by atoms with Gasteiger partial charge in [0.15, 0.2) is 5.60 Å². The molecule has 3 heterocycles. The smallest absolute Gasteiger partial charge is 0.264 e. The Balaban J connectivity index is 1.33. The molecule has 0 bridgehead atoms. The summed E-state index contributed by atoms with van der Waals surface area (Å²) >= 11 is 6.51. The van der Waals surface area contributed by atoms with E-state index < -0.39 is 31.6 Å². The lowest BCUT2D eigenvalue weighted by molar-refractivity contribution is -0.150. The molecule has 3 aromatic rings. The Kier molecular flexibility index (Phi) is 8.84. The van der Waals surface area contributed by atoms with Crippen LogP contribution in [0.5, 0.6) is 0 Å². The molecule has 0 aliphatic carbocycles. The lowest BCUT2D eigenvalue weighted by Crippen LogP contribution is -2.45. The SMILES string of the molecule is C[C@H]1[C@H]([Si](C)(C)F)[C@@H](CC(=O)N(CCO)Cc2ccccc2)O[C@]12C(=O)N(Cc1cccc(N3CCC3=O)c1)c1ccc(Cl)cc12. The van der Waals surface area contributed by atoms with Gasteiger partial charge in [0.1, 0.15) is 0 Å². The summed E-state index contributed by atoms with van der Waals surface area (Å²) < 4.78 is 23.1. The van der Waals surface area contributed by atoms with Crippen LogP contribution in [0.1, 0.15) is 36.5 Å². The number of β-lactam (4-membered cyclic amide) rings is 1. The summed E-state index contributed by atoms with van der Waals surface area (Å²) in [6.07, 6.45) is -0.467. The molecule has 8 nitrogen and oxygen atoms in total. The van der Waals surface area contributed by atoms with E-state index in [-0.39, 0.29) is 43.8 Å². The van der Waals surface area contributed by atoms with Crippen LogP contribution in [0.15, 0.2) is 72.8 Å². The molecule has 6 rings (SSSR count). The van der Waals surface area contributed by atoms with Gasteiger partial charge in [-0.25, -0.2) is 0 Å². The summed E-state index contributed by atoms with van der Waals surface area (Å²) in [7, 11) is -3.51. The second kappa shape index (κ2) is 12.6. The van der Waals surface area contributed by atoms with Crippen LogP contribution in [0.2, 0.25) is 23.7 Å². The van der Waals surface area contributed by atoms with Crippen LogP contribution >= 0.6 is 11.6 Å². The van der Waals surface area contributed by atoms with E-state index in [2.05, 4.69) is 0 Å². The van der Waals surface area contributed by atoms with Gasteiger partial charge in [0, 0.05) is 53.8 Å². The van der Waals surface area contributed by atoms with Gasteiger partial charge < -0.3 is 28.7 Å². The van der Waals surface area contributed by atoms with Gasteiger partial charge in [-0.15, -0.1) is 0 Å². The highest BCUT2D eigenvalue weighted by atomic mass is 35.5. The number of amides is 3. The molecule has 4 atom stereocenters. The third kappa shape index (κ3) is 5.76. The zero-order chi connectivity index (χ0) is 32.8. The van der Waals surface area contributed by atoms with Gasteiger partial charge in [-0.05, 0) is 54.6 Å². The van der Waals surface area contributed by atoms with E-state index in [9.17, 15) is 19.5 Å². The average Bonchev–Trinajstić information content (AvgIpc) is 3.43. The monoisotopic (exact) mass is 663 g/mol. The molecule has 11 heteroatoms. The summed E-state index contributed by atoms with van der Waals surface area (Å²) in [4.78, 5) is 45.5. The predicted molar refractivity (Wildman–Crippen MR) is 178 cm³/mol. The number of benzene rings is 3. The van der Waals surface area contributed by atoms with E-state index >= 15 is 4.11 Å². The molecular weight excluding hydrogens is 625 g/mol. The summed E-state index contributed by atoms with van der Waals surface area (Å²) in [5.74, 6) is -1.12. The quantitative estimate of drug-likeness (QED) is 0.168. The highest BCUT2D eigenvalue weighted by molar-refractivity contribution is 6.72. The number of aliphatic hydroxyl groups excluding tert-OH is 1. The van der Waals surface area contributed by atoms with Crippen molar-refractivity contribution in [3.05, 3.63) is 94.5 Å². The minimum absolute atomic E-state index is 0.0625. The maximum absolute atomic E-state index is 16.3. The largest absolute Gasteiger partial charge is 0.395 e. The van der Waals surface area contributed by atoms with Crippen LogP contribution in [0.25, 0.3) is 0 Å². The molecule has 0 aromatic heterocycles. The van der Waals surface area contributed by atoms with Crippen molar-refractivity contribution >= 4 is 49.1 Å². The molecule has 0 unspecified atom stereocenters. The molecule has 2 fully saturated rings. The van der Waals surface area contributed by atoms with Crippen molar-refractivity contribution in [1.29, 1.82) is 0 Å². The number of nitrogens with zero attached hydrogens (tertiary/aromatic N) is 3. The third-order valence-corrected chi connectivity index (χ3v) is 12.3. The van der Waals surface area contributed by atoms with Crippen molar-refractivity contribution in [3.8, 4) is 0 Å². The predicted octanol–water partition coefficient (Wildman–Crippen LogP) is 5.81. The number of fused-ring (bicyclic) bond motifs is 2. The van der Waals surface area contributed by atoms with Crippen molar-refractivity contribution in [2.45, 2.75) is 63.2 Å². The number of halogens is 2. The summed E-state index contributed by atoms with van der Waals surface area (Å²) in [5, 5.41) is 10.2. The fraction of sp³-hybridized carbons (Fsp3) is 0.400. The molecule has 1 spiro atoms. The zero-order valence-electron chi connectivity index (χ0n) is 26.3. The number of carbonyl (C=O) groups excluding carboxylic acids is 3. The average molecular weight is 664 g/mol. The number of aliphatic hydroxyl groups is 1. The number of rotatable bonds is 10. The standard InChI is InChI=1S/C35H39ClFN3O5Si/c1-23-33(46(2,3)37)30(20-32(43)38(16-17-41)21-24-8-5-4-6-9-24)45-35(23)28-19-26(36)12-13-29(28)40(34(35)44)22-25-10-7-11-27(18-25)39-15-14-31(39)42/h4-13,18-19,23,30,33,41H,14-17,20-22H2,1-3H3/t23-,30+,33-,35+/m0/s1. The second-order valence-electron chi connectivity index (χ2n) is 13.0. The molecular formula is C35H39ClFN3O5Si. The maximum Gasteiger partial charge on any atom is 0.264 e. The highest BCUT2D eigenvalue weighted by Crippen LogP contribution is 2.60. The van der Waals surface area contributed by atoms with Crippen LogP contribution in [-0.4, -0.2) is 61.9 Å². The molecule has 3 amide bonds. The molecule has 3 aliphatic rings. The molecule has 0 radical (unpaired) electrons. The Hall–Kier alpha value is -3.57. The van der Waals surface area contributed by atoms with Gasteiger partial charge in [-0.1, -0.05) is 61.0 Å². The first-order valence-corrected chi connectivity index (χ1v) is 19.1. The van der Waals surface area contributed by atoms with Crippen molar-refractivity contribution in [1.82, 2.24) is 4.90 Å². The van der Waals surface area contributed by atoms with Crippen molar-refractivity contribution in [2.75, 3.05) is 29.5 Å². The van der Waals surface area contributed by atoms with Crippen LogP contribution in [0, 0.1) is 5.92 Å². The summed E-state index contributed by atoms with van der Waals surface area (Å²) in [5.41, 5.74) is 1.52. The minimum Gasteiger partial charge on any atom is -0.395 e. The van der Waals surface area contributed by atoms with Crippen LogP contribution < -0.4 is 9.80 Å². The maximum atomic E-state index is 16.3. The van der Waals surface area contributed by atoms with Crippen molar-refractivity contribution in [2.24, 2.45) is 5.92 Å². The van der Waals surface area contributed by atoms with E-state index in [4.69, 9.17) is 16.3 Å². The van der Waals surface area contributed by atoms with Gasteiger partial charge in [0.25, 0.3) is 5.91 Å². The van der Waals surface area contributed by atoms with E-state index in [1.807, 2.05) is 61.5 Å². The molecule has 242 valence electrons. The van der Waals surface area contributed by atoms with Gasteiger partial charge in [-0.3, -0.25) is 14.4 Å². The van der Waals surface area contributed by atoms with Gasteiger partial charge >= 0.3 is 0 Å². The Morgan fingerprint density at radius 1 is 1.09 bits per heavy atom. The number of anilines is 2. The Morgan fingerprint density at radius 3 is 2.48 bits per heavy atom. The second-order valence-corrected chi connectivity index (χ2v) is 17.2. The van der Waals surface area contributed by atoms with E-state index in [1.165, 1.54) is 0 Å².